The standard InChI is InChI=1S/C5H3N4O/c1-2-6-8-4(1)5-3-7-9-10-5/h1-3H. The molecule has 0 N–H and O–H groups in total. The normalized spacial score (nSPS) is 15.0. The second-order valence-corrected chi connectivity index (χ2v) is 1.70. The van der Waals surface area contributed by atoms with Gasteiger partial charge in [0.15, 0.2) is 0 Å². The molecule has 1 aromatic heterocycles. The van der Waals surface area contributed by atoms with Crippen LogP contribution in [0.25, 0.3) is 0 Å². The Balaban J connectivity index is 2.36. The molecule has 0 aromatic carbocycles. The minimum absolute atomic E-state index is 0.539. The van der Waals surface area contributed by atoms with Crippen molar-refractivity contribution in [3.63, 3.8) is 0 Å². The number of hydrogen-bond acceptors (Lipinski definition) is 4. The molecule has 0 unspecified atom stereocenters. The van der Waals surface area contributed by atoms with Crippen molar-refractivity contribution in [1.82, 2.24) is 15.8 Å². The van der Waals surface area contributed by atoms with Gasteiger partial charge < -0.3 is 4.52 Å². The molecular weight excluding hydrogens is 132 g/mol. The second kappa shape index (κ2) is 1.94. The van der Waals surface area contributed by atoms with Gasteiger partial charge in [0, 0.05) is 5.27 Å². The SMILES string of the molecule is C1=CC(c2cnno2)=N[N]1. The summed E-state index contributed by atoms with van der Waals surface area (Å²) in [6, 6.07) is 0. The van der Waals surface area contributed by atoms with Crippen LogP contribution in [-0.4, -0.2) is 16.1 Å². The Bertz CT molecular complexity index is 274. The third-order valence-electron chi connectivity index (χ3n) is 1.08. The fraction of sp³-hybridized carbons (Fsp3) is 0. The number of aromatic nitrogens is 2. The summed E-state index contributed by atoms with van der Waals surface area (Å²) in [7, 11) is 0. The van der Waals surface area contributed by atoms with Gasteiger partial charge in [0.25, 0.3) is 0 Å². The Morgan fingerprint density at radius 2 is 2.40 bits per heavy atom. The van der Waals surface area contributed by atoms with E-state index in [9.17, 15) is 0 Å². The van der Waals surface area contributed by atoms with E-state index >= 15 is 0 Å². The third kappa shape index (κ3) is 0.680. The summed E-state index contributed by atoms with van der Waals surface area (Å²) in [5.41, 5.74) is 4.27. The van der Waals surface area contributed by atoms with Gasteiger partial charge in [-0.1, -0.05) is 0 Å². The van der Waals surface area contributed by atoms with E-state index in [1.807, 2.05) is 0 Å². The maximum Gasteiger partial charge on any atom is 0.207 e. The second-order valence-electron chi connectivity index (χ2n) is 1.70. The largest absolute Gasteiger partial charge is 0.335 e. The lowest BCUT2D eigenvalue weighted by molar-refractivity contribution is 0.387. The maximum absolute atomic E-state index is 4.71. The van der Waals surface area contributed by atoms with Gasteiger partial charge in [-0.15, -0.1) is 10.2 Å². The topological polar surface area (TPSA) is 65.4 Å². The van der Waals surface area contributed by atoms with Crippen molar-refractivity contribution < 1.29 is 4.52 Å². The fourth-order valence-electron chi connectivity index (χ4n) is 0.644. The van der Waals surface area contributed by atoms with Crippen LogP contribution in [0.3, 0.4) is 0 Å². The van der Waals surface area contributed by atoms with Gasteiger partial charge >= 0.3 is 0 Å². The molecule has 1 aliphatic heterocycles. The van der Waals surface area contributed by atoms with Crippen molar-refractivity contribution >= 4 is 5.71 Å². The van der Waals surface area contributed by atoms with Crippen molar-refractivity contribution in [2.45, 2.75) is 0 Å². The van der Waals surface area contributed by atoms with Gasteiger partial charge in [0.05, 0.1) is 6.20 Å². The predicted molar refractivity (Wildman–Crippen MR) is 32.1 cm³/mol. The molecule has 0 saturated heterocycles. The molecule has 0 saturated carbocycles. The van der Waals surface area contributed by atoms with E-state index in [-0.39, 0.29) is 0 Å². The lowest BCUT2D eigenvalue weighted by atomic mass is 10.3. The van der Waals surface area contributed by atoms with E-state index in [4.69, 9.17) is 4.52 Å². The molecule has 49 valence electrons. The monoisotopic (exact) mass is 135 g/mol. The first kappa shape index (κ1) is 5.16. The molecule has 0 atom stereocenters. The maximum atomic E-state index is 4.71. The Morgan fingerprint density at radius 3 is 3.00 bits per heavy atom. The average Bonchev–Trinajstić information content (AvgIpc) is 2.59. The van der Waals surface area contributed by atoms with E-state index < -0.39 is 0 Å². The molecular formula is C5H3N4O. The minimum atomic E-state index is 0.539. The highest BCUT2D eigenvalue weighted by atomic mass is 16.5. The molecule has 0 fully saturated rings. The number of allylic oxidation sites excluding steroid dienone is 1. The smallest absolute Gasteiger partial charge is 0.207 e. The van der Waals surface area contributed by atoms with Gasteiger partial charge in [-0.25, -0.2) is 0 Å². The van der Waals surface area contributed by atoms with Gasteiger partial charge in [-0.2, -0.15) is 5.43 Å². The lowest BCUT2D eigenvalue weighted by Crippen LogP contribution is -1.90. The van der Waals surface area contributed by atoms with E-state index in [1.165, 1.54) is 6.20 Å². The first-order chi connectivity index (χ1) is 4.97. The zero-order valence-electron chi connectivity index (χ0n) is 4.93. The third-order valence-corrected chi connectivity index (χ3v) is 1.08. The fourth-order valence-corrected chi connectivity index (χ4v) is 0.644. The summed E-state index contributed by atoms with van der Waals surface area (Å²) >= 11 is 0. The first-order valence-electron chi connectivity index (χ1n) is 2.69. The van der Waals surface area contributed by atoms with Crippen molar-refractivity contribution in [2.24, 2.45) is 5.10 Å². The molecule has 1 aliphatic rings. The van der Waals surface area contributed by atoms with Crippen LogP contribution in [0.5, 0.6) is 0 Å². The van der Waals surface area contributed by atoms with Gasteiger partial charge in [0.1, 0.15) is 11.9 Å². The molecule has 1 radical (unpaired) electrons. The van der Waals surface area contributed by atoms with Crippen LogP contribution in [0.2, 0.25) is 0 Å². The van der Waals surface area contributed by atoms with Gasteiger partial charge in [-0.3, -0.25) is 0 Å². The van der Waals surface area contributed by atoms with Crippen molar-refractivity contribution in [3.8, 4) is 0 Å². The average molecular weight is 135 g/mol. The Morgan fingerprint density at radius 1 is 1.40 bits per heavy atom. The van der Waals surface area contributed by atoms with E-state index in [1.54, 1.807) is 12.3 Å². The van der Waals surface area contributed by atoms with Crippen LogP contribution in [0.4, 0.5) is 0 Å². The Kier molecular flexibility index (Phi) is 1.00. The highest BCUT2D eigenvalue weighted by Gasteiger charge is 2.07. The van der Waals surface area contributed by atoms with Crippen molar-refractivity contribution in [1.29, 1.82) is 0 Å². The lowest BCUT2D eigenvalue weighted by Gasteiger charge is -1.82. The highest BCUT2D eigenvalue weighted by molar-refractivity contribution is 6.07. The zero-order chi connectivity index (χ0) is 6.81. The van der Waals surface area contributed by atoms with E-state index in [0.29, 0.717) is 11.5 Å². The summed E-state index contributed by atoms with van der Waals surface area (Å²) < 4.78 is 4.71. The van der Waals surface area contributed by atoms with Crippen molar-refractivity contribution in [2.75, 3.05) is 0 Å². The van der Waals surface area contributed by atoms with Gasteiger partial charge in [0.2, 0.25) is 5.76 Å². The van der Waals surface area contributed by atoms with Crippen molar-refractivity contribution in [3.05, 3.63) is 24.2 Å². The Hall–Kier alpha value is -1.65. The minimum Gasteiger partial charge on any atom is -0.335 e. The van der Waals surface area contributed by atoms with E-state index in [2.05, 4.69) is 20.9 Å². The summed E-state index contributed by atoms with van der Waals surface area (Å²) in [5, 5.41) is 10.5. The van der Waals surface area contributed by atoms with Crippen LogP contribution in [0.15, 0.2) is 28.1 Å². The molecule has 0 spiro atoms. The molecule has 5 nitrogen and oxygen atoms in total. The number of rotatable bonds is 1. The molecule has 10 heavy (non-hydrogen) atoms. The summed E-state index contributed by atoms with van der Waals surface area (Å²) in [4.78, 5) is 0. The van der Waals surface area contributed by atoms with E-state index in [0.717, 1.165) is 0 Å². The molecule has 0 aliphatic carbocycles. The van der Waals surface area contributed by atoms with Gasteiger partial charge in [-0.05, 0) is 6.08 Å². The van der Waals surface area contributed by atoms with Crippen LogP contribution < -0.4 is 5.43 Å². The predicted octanol–water partition coefficient (Wildman–Crippen LogP) is -0.0946. The zero-order valence-corrected chi connectivity index (χ0v) is 4.93. The number of nitrogens with zero attached hydrogens (tertiary/aromatic N) is 4. The summed E-state index contributed by atoms with van der Waals surface area (Å²) in [6.07, 6.45) is 4.80. The molecule has 0 amide bonds. The summed E-state index contributed by atoms with van der Waals surface area (Å²) in [5.74, 6) is 0.539. The quantitative estimate of drug-likeness (QED) is 0.540. The molecule has 1 aromatic rings. The summed E-state index contributed by atoms with van der Waals surface area (Å²) in [6.45, 7) is 0. The van der Waals surface area contributed by atoms with Crippen LogP contribution in [0, 0.1) is 0 Å². The van der Waals surface area contributed by atoms with Crippen LogP contribution >= 0.6 is 0 Å². The first-order valence-corrected chi connectivity index (χ1v) is 2.69. The Labute approximate surface area is 56.4 Å². The molecule has 2 heterocycles. The molecule has 0 bridgehead atoms. The molecule has 2 rings (SSSR count). The number of hydrogen-bond donors (Lipinski definition) is 0. The molecule has 5 heteroatoms. The van der Waals surface area contributed by atoms with Crippen LogP contribution in [0.1, 0.15) is 5.76 Å². The van der Waals surface area contributed by atoms with Crippen LogP contribution in [-0.2, 0) is 0 Å². The highest BCUT2D eigenvalue weighted by Crippen LogP contribution is 2.01.